The molecule has 136 valence electrons. The second-order valence-electron chi connectivity index (χ2n) is 7.82. The van der Waals surface area contributed by atoms with Crippen molar-refractivity contribution in [3.8, 4) is 11.3 Å². The molecule has 0 amide bonds. The fourth-order valence-electron chi connectivity index (χ4n) is 4.09. The Labute approximate surface area is 159 Å². The van der Waals surface area contributed by atoms with Crippen molar-refractivity contribution in [2.75, 3.05) is 0 Å². The van der Waals surface area contributed by atoms with Gasteiger partial charge in [0.05, 0.1) is 11.4 Å². The third-order valence-corrected chi connectivity index (χ3v) is 5.86. The Morgan fingerprint density at radius 3 is 2.59 bits per heavy atom. The Morgan fingerprint density at radius 2 is 1.93 bits per heavy atom. The van der Waals surface area contributed by atoms with Crippen LogP contribution in [-0.2, 0) is 5.54 Å². The quantitative estimate of drug-likeness (QED) is 0.735. The first-order valence-electron chi connectivity index (χ1n) is 9.76. The minimum absolute atomic E-state index is 0.129. The number of aromatic nitrogens is 3. The van der Waals surface area contributed by atoms with E-state index in [1.54, 1.807) is 0 Å². The van der Waals surface area contributed by atoms with Crippen LogP contribution in [0, 0.1) is 6.92 Å². The summed E-state index contributed by atoms with van der Waals surface area (Å²) >= 11 is 0. The van der Waals surface area contributed by atoms with Crippen LogP contribution in [0.25, 0.3) is 22.5 Å². The van der Waals surface area contributed by atoms with Crippen molar-refractivity contribution in [1.82, 2.24) is 14.6 Å². The normalized spacial score (nSPS) is 18.4. The Bertz CT molecular complexity index is 1070. The summed E-state index contributed by atoms with van der Waals surface area (Å²) in [5, 5.41) is 4.55. The van der Waals surface area contributed by atoms with Gasteiger partial charge in [-0.1, -0.05) is 42.5 Å². The maximum atomic E-state index is 6.49. The maximum Gasteiger partial charge on any atom is 0.155 e. The van der Waals surface area contributed by atoms with E-state index in [1.165, 1.54) is 17.6 Å². The SMILES string of the molecule is Cc1cc2nc(-c3ccc(C4(N)CCC4)cc3)c(C3=CCCC=C3)cn2n1. The van der Waals surface area contributed by atoms with E-state index >= 15 is 0 Å². The molecule has 0 radical (unpaired) electrons. The highest BCUT2D eigenvalue weighted by atomic mass is 15.2. The molecular weight excluding hydrogens is 332 g/mol. The van der Waals surface area contributed by atoms with Crippen molar-refractivity contribution in [3.05, 3.63) is 71.6 Å². The number of hydrogen-bond acceptors (Lipinski definition) is 3. The largest absolute Gasteiger partial charge is 0.321 e. The number of aryl methyl sites for hydroxylation is 1. The predicted molar refractivity (Wildman–Crippen MR) is 109 cm³/mol. The lowest BCUT2D eigenvalue weighted by molar-refractivity contribution is 0.253. The molecule has 0 spiro atoms. The summed E-state index contributed by atoms with van der Waals surface area (Å²) in [6.07, 6.45) is 14.4. The van der Waals surface area contributed by atoms with E-state index in [-0.39, 0.29) is 5.54 Å². The highest BCUT2D eigenvalue weighted by Crippen LogP contribution is 2.39. The van der Waals surface area contributed by atoms with Crippen molar-refractivity contribution < 1.29 is 0 Å². The van der Waals surface area contributed by atoms with Crippen molar-refractivity contribution in [1.29, 1.82) is 0 Å². The van der Waals surface area contributed by atoms with Gasteiger partial charge in [-0.05, 0) is 50.2 Å². The standard InChI is InChI=1S/C23H24N4/c1-16-14-21-25-22(18-8-10-19(11-9-18)23(24)12-5-13-23)20(15-27(21)26-16)17-6-3-2-4-7-17/h3,6-11,14-15H,2,4-5,12-13,24H2,1H3. The van der Waals surface area contributed by atoms with Gasteiger partial charge in [0.15, 0.2) is 5.65 Å². The van der Waals surface area contributed by atoms with Crippen molar-refractivity contribution in [2.24, 2.45) is 5.73 Å². The van der Waals surface area contributed by atoms with Crippen LogP contribution in [-0.4, -0.2) is 14.6 Å². The molecule has 2 heterocycles. The van der Waals surface area contributed by atoms with E-state index in [0.717, 1.165) is 53.8 Å². The summed E-state index contributed by atoms with van der Waals surface area (Å²) in [5.74, 6) is 0. The van der Waals surface area contributed by atoms with Crippen molar-refractivity contribution >= 4 is 11.2 Å². The van der Waals surface area contributed by atoms with Gasteiger partial charge in [0, 0.05) is 28.9 Å². The number of fused-ring (bicyclic) bond motifs is 1. The summed E-state index contributed by atoms with van der Waals surface area (Å²) in [4.78, 5) is 4.96. The monoisotopic (exact) mass is 356 g/mol. The lowest BCUT2D eigenvalue weighted by atomic mass is 9.72. The number of benzene rings is 1. The van der Waals surface area contributed by atoms with Gasteiger partial charge >= 0.3 is 0 Å². The number of allylic oxidation sites excluding steroid dienone is 4. The first-order valence-corrected chi connectivity index (χ1v) is 9.76. The zero-order chi connectivity index (χ0) is 18.4. The van der Waals surface area contributed by atoms with Gasteiger partial charge in [-0.3, -0.25) is 0 Å². The zero-order valence-corrected chi connectivity index (χ0v) is 15.7. The van der Waals surface area contributed by atoms with Gasteiger partial charge in [0.2, 0.25) is 0 Å². The molecule has 1 saturated carbocycles. The third-order valence-electron chi connectivity index (χ3n) is 5.86. The second-order valence-corrected chi connectivity index (χ2v) is 7.82. The first kappa shape index (κ1) is 16.5. The summed E-state index contributed by atoms with van der Waals surface area (Å²) in [6.45, 7) is 2.00. The van der Waals surface area contributed by atoms with Crippen LogP contribution >= 0.6 is 0 Å². The number of nitrogens with two attached hydrogens (primary N) is 1. The fraction of sp³-hybridized carbons (Fsp3) is 0.304. The zero-order valence-electron chi connectivity index (χ0n) is 15.7. The molecular formula is C23H24N4. The number of hydrogen-bond donors (Lipinski definition) is 1. The molecule has 2 aromatic heterocycles. The van der Waals surface area contributed by atoms with Crippen LogP contribution in [0.3, 0.4) is 0 Å². The minimum Gasteiger partial charge on any atom is -0.321 e. The molecule has 2 N–H and O–H groups in total. The molecule has 2 aliphatic rings. The topological polar surface area (TPSA) is 56.2 Å². The molecule has 2 aliphatic carbocycles. The molecule has 0 unspecified atom stereocenters. The van der Waals surface area contributed by atoms with Crippen LogP contribution in [0.15, 0.2) is 54.8 Å². The van der Waals surface area contributed by atoms with Gasteiger partial charge in [0.25, 0.3) is 0 Å². The van der Waals surface area contributed by atoms with E-state index in [0.29, 0.717) is 0 Å². The van der Waals surface area contributed by atoms with Crippen LogP contribution in [0.1, 0.15) is 48.9 Å². The Morgan fingerprint density at radius 1 is 1.11 bits per heavy atom. The minimum atomic E-state index is -0.129. The van der Waals surface area contributed by atoms with Crippen LogP contribution in [0.5, 0.6) is 0 Å². The summed E-state index contributed by atoms with van der Waals surface area (Å²) in [5.41, 5.74) is 13.9. The molecule has 3 aromatic rings. The third kappa shape index (κ3) is 2.81. The molecule has 1 aromatic carbocycles. The van der Waals surface area contributed by atoms with Crippen LogP contribution in [0.2, 0.25) is 0 Å². The summed E-state index contributed by atoms with van der Waals surface area (Å²) in [6, 6.07) is 10.7. The lowest BCUT2D eigenvalue weighted by Crippen LogP contribution is -2.43. The van der Waals surface area contributed by atoms with Gasteiger partial charge in [-0.15, -0.1) is 0 Å². The smallest absolute Gasteiger partial charge is 0.155 e. The molecule has 0 aliphatic heterocycles. The Kier molecular flexibility index (Phi) is 3.76. The van der Waals surface area contributed by atoms with Gasteiger partial charge in [-0.25, -0.2) is 9.50 Å². The second kappa shape index (κ2) is 6.17. The van der Waals surface area contributed by atoms with Gasteiger partial charge < -0.3 is 5.73 Å². The molecule has 1 fully saturated rings. The number of rotatable bonds is 3. The highest BCUT2D eigenvalue weighted by Gasteiger charge is 2.34. The summed E-state index contributed by atoms with van der Waals surface area (Å²) in [7, 11) is 0. The van der Waals surface area contributed by atoms with E-state index in [1.807, 2.05) is 17.5 Å². The van der Waals surface area contributed by atoms with Crippen LogP contribution < -0.4 is 5.73 Å². The maximum absolute atomic E-state index is 6.49. The molecule has 0 atom stereocenters. The first-order chi connectivity index (χ1) is 13.1. The van der Waals surface area contributed by atoms with E-state index in [9.17, 15) is 0 Å². The van der Waals surface area contributed by atoms with Crippen molar-refractivity contribution in [2.45, 2.75) is 44.6 Å². The average molecular weight is 356 g/mol. The van der Waals surface area contributed by atoms with E-state index in [4.69, 9.17) is 10.7 Å². The van der Waals surface area contributed by atoms with E-state index < -0.39 is 0 Å². The summed E-state index contributed by atoms with van der Waals surface area (Å²) < 4.78 is 1.88. The Balaban J connectivity index is 1.64. The molecule has 4 nitrogen and oxygen atoms in total. The average Bonchev–Trinajstić information content (AvgIpc) is 3.05. The number of nitrogens with zero attached hydrogens (tertiary/aromatic N) is 3. The molecule has 0 saturated heterocycles. The van der Waals surface area contributed by atoms with Crippen molar-refractivity contribution in [3.63, 3.8) is 0 Å². The predicted octanol–water partition coefficient (Wildman–Crippen LogP) is 4.78. The highest BCUT2D eigenvalue weighted by molar-refractivity contribution is 5.84. The lowest BCUT2D eigenvalue weighted by Gasteiger charge is -2.38. The molecule has 27 heavy (non-hydrogen) atoms. The molecule has 5 rings (SSSR count). The fourth-order valence-corrected chi connectivity index (χ4v) is 4.09. The van der Waals surface area contributed by atoms with Gasteiger partial charge in [-0.2, -0.15) is 5.10 Å². The Hall–Kier alpha value is -2.72. The molecule has 0 bridgehead atoms. The van der Waals surface area contributed by atoms with Gasteiger partial charge in [0.1, 0.15) is 0 Å². The molecule has 4 heteroatoms. The van der Waals surface area contributed by atoms with E-state index in [2.05, 4.69) is 53.8 Å². The van der Waals surface area contributed by atoms with Crippen LogP contribution in [0.4, 0.5) is 0 Å².